The molecule has 15 heavy (non-hydrogen) atoms. The molecular weight excluding hydrogens is 192 g/mol. The van der Waals surface area contributed by atoms with E-state index in [1.807, 2.05) is 0 Å². The highest BCUT2D eigenvalue weighted by Crippen LogP contribution is 2.22. The molecule has 0 spiro atoms. The Morgan fingerprint density at radius 1 is 1.47 bits per heavy atom. The van der Waals surface area contributed by atoms with Gasteiger partial charge < -0.3 is 14.2 Å². The molecule has 0 aliphatic carbocycles. The van der Waals surface area contributed by atoms with Gasteiger partial charge in [-0.25, -0.2) is 0 Å². The summed E-state index contributed by atoms with van der Waals surface area (Å²) in [7, 11) is 0. The summed E-state index contributed by atoms with van der Waals surface area (Å²) in [4.78, 5) is 0. The van der Waals surface area contributed by atoms with Gasteiger partial charge in [-0.3, -0.25) is 0 Å². The van der Waals surface area contributed by atoms with Crippen LogP contribution in [0.3, 0.4) is 0 Å². The van der Waals surface area contributed by atoms with Crippen LogP contribution >= 0.6 is 0 Å². The van der Waals surface area contributed by atoms with E-state index in [4.69, 9.17) is 14.2 Å². The third-order valence-electron chi connectivity index (χ3n) is 2.85. The average Bonchev–Trinajstić information content (AvgIpc) is 2.98. The third kappa shape index (κ3) is 5.50. The van der Waals surface area contributed by atoms with Crippen molar-refractivity contribution in [1.82, 2.24) is 0 Å². The van der Waals surface area contributed by atoms with Gasteiger partial charge in [0.25, 0.3) is 0 Å². The van der Waals surface area contributed by atoms with Crippen LogP contribution in [0.1, 0.15) is 40.5 Å². The molecule has 2 atom stereocenters. The quantitative estimate of drug-likeness (QED) is 0.584. The first-order chi connectivity index (χ1) is 7.06. The van der Waals surface area contributed by atoms with E-state index in [1.165, 1.54) is 0 Å². The van der Waals surface area contributed by atoms with Gasteiger partial charge in [-0.15, -0.1) is 0 Å². The topological polar surface area (TPSA) is 31.0 Å². The van der Waals surface area contributed by atoms with Gasteiger partial charge in [-0.1, -0.05) is 6.92 Å². The number of epoxide rings is 1. The van der Waals surface area contributed by atoms with Gasteiger partial charge in [0.05, 0.1) is 24.9 Å². The molecule has 1 aliphatic rings. The molecule has 0 N–H and O–H groups in total. The highest BCUT2D eigenvalue weighted by atomic mass is 16.6. The molecule has 0 bridgehead atoms. The molecule has 0 aromatic carbocycles. The molecule has 0 radical (unpaired) electrons. The van der Waals surface area contributed by atoms with E-state index >= 15 is 0 Å². The van der Waals surface area contributed by atoms with E-state index < -0.39 is 0 Å². The molecule has 0 aromatic rings. The van der Waals surface area contributed by atoms with E-state index in [0.717, 1.165) is 32.7 Å². The minimum absolute atomic E-state index is 0.0547. The Hall–Kier alpha value is -0.120. The Balaban J connectivity index is 2.17. The van der Waals surface area contributed by atoms with Crippen LogP contribution in [0, 0.1) is 0 Å². The van der Waals surface area contributed by atoms with Gasteiger partial charge >= 0.3 is 0 Å². The van der Waals surface area contributed by atoms with Crippen LogP contribution in [0.15, 0.2) is 0 Å². The predicted octanol–water partition coefficient (Wildman–Crippen LogP) is 2.39. The largest absolute Gasteiger partial charge is 0.379 e. The Labute approximate surface area is 93.1 Å². The monoisotopic (exact) mass is 216 g/mol. The lowest BCUT2D eigenvalue weighted by Gasteiger charge is -2.28. The molecule has 1 saturated heterocycles. The van der Waals surface area contributed by atoms with Crippen LogP contribution in [0.5, 0.6) is 0 Å². The first-order valence-corrected chi connectivity index (χ1v) is 5.93. The van der Waals surface area contributed by atoms with Gasteiger partial charge in [0.2, 0.25) is 0 Å². The number of rotatable bonds is 8. The lowest BCUT2D eigenvalue weighted by molar-refractivity contribution is -0.0657. The molecule has 2 unspecified atom stereocenters. The van der Waals surface area contributed by atoms with E-state index in [1.54, 1.807) is 0 Å². The summed E-state index contributed by atoms with van der Waals surface area (Å²) in [6.45, 7) is 10.8. The van der Waals surface area contributed by atoms with Crippen molar-refractivity contribution >= 4 is 0 Å². The van der Waals surface area contributed by atoms with E-state index in [-0.39, 0.29) is 5.60 Å². The Kier molecular flexibility index (Phi) is 5.03. The van der Waals surface area contributed by atoms with Crippen molar-refractivity contribution in [3.63, 3.8) is 0 Å². The Morgan fingerprint density at radius 2 is 2.13 bits per heavy atom. The van der Waals surface area contributed by atoms with Crippen LogP contribution in [-0.2, 0) is 14.2 Å². The SMILES string of the molecule is CCC(C)(CCOC(C)C)OCC1CO1. The van der Waals surface area contributed by atoms with Crippen LogP contribution in [0.4, 0.5) is 0 Å². The molecule has 3 nitrogen and oxygen atoms in total. The molecular formula is C12H24O3. The second-order valence-electron chi connectivity index (χ2n) is 4.74. The van der Waals surface area contributed by atoms with Crippen molar-refractivity contribution in [2.45, 2.75) is 58.3 Å². The summed E-state index contributed by atoms with van der Waals surface area (Å²) in [6.07, 6.45) is 2.62. The number of ether oxygens (including phenoxy) is 3. The maximum absolute atomic E-state index is 5.88. The second-order valence-corrected chi connectivity index (χ2v) is 4.74. The normalized spacial score (nSPS) is 24.2. The molecule has 0 saturated carbocycles. The molecule has 0 aromatic heterocycles. The lowest BCUT2D eigenvalue weighted by Crippen LogP contribution is -2.31. The molecule has 1 rings (SSSR count). The van der Waals surface area contributed by atoms with Crippen LogP contribution in [0.2, 0.25) is 0 Å². The zero-order valence-electron chi connectivity index (χ0n) is 10.4. The van der Waals surface area contributed by atoms with Crippen LogP contribution < -0.4 is 0 Å². The molecule has 1 aliphatic heterocycles. The van der Waals surface area contributed by atoms with Crippen molar-refractivity contribution in [2.24, 2.45) is 0 Å². The van der Waals surface area contributed by atoms with E-state index in [0.29, 0.717) is 12.2 Å². The highest BCUT2D eigenvalue weighted by Gasteiger charge is 2.29. The fourth-order valence-electron chi connectivity index (χ4n) is 1.32. The van der Waals surface area contributed by atoms with Crippen LogP contribution in [0.25, 0.3) is 0 Å². The fourth-order valence-corrected chi connectivity index (χ4v) is 1.32. The van der Waals surface area contributed by atoms with Crippen molar-refractivity contribution < 1.29 is 14.2 Å². The minimum atomic E-state index is -0.0547. The number of hydrogen-bond acceptors (Lipinski definition) is 3. The van der Waals surface area contributed by atoms with Crippen molar-refractivity contribution in [3.05, 3.63) is 0 Å². The maximum atomic E-state index is 5.88. The van der Waals surface area contributed by atoms with E-state index in [2.05, 4.69) is 27.7 Å². The summed E-state index contributed by atoms with van der Waals surface area (Å²) < 4.78 is 16.6. The van der Waals surface area contributed by atoms with Crippen LogP contribution in [-0.4, -0.2) is 37.6 Å². The first-order valence-electron chi connectivity index (χ1n) is 5.93. The average molecular weight is 216 g/mol. The van der Waals surface area contributed by atoms with Gasteiger partial charge in [0.1, 0.15) is 6.10 Å². The van der Waals surface area contributed by atoms with Gasteiger partial charge in [-0.2, -0.15) is 0 Å². The zero-order valence-corrected chi connectivity index (χ0v) is 10.4. The lowest BCUT2D eigenvalue weighted by atomic mass is 9.99. The summed E-state index contributed by atoms with van der Waals surface area (Å²) in [5, 5.41) is 0. The summed E-state index contributed by atoms with van der Waals surface area (Å²) in [5.41, 5.74) is -0.0547. The predicted molar refractivity (Wildman–Crippen MR) is 60.1 cm³/mol. The van der Waals surface area contributed by atoms with Gasteiger partial charge in [-0.05, 0) is 33.6 Å². The Morgan fingerprint density at radius 3 is 2.60 bits per heavy atom. The van der Waals surface area contributed by atoms with Crippen molar-refractivity contribution in [3.8, 4) is 0 Å². The third-order valence-corrected chi connectivity index (χ3v) is 2.85. The standard InChI is InChI=1S/C12H24O3/c1-5-12(4,6-7-13-10(2)3)15-9-11-8-14-11/h10-11H,5-9H2,1-4H3. The molecule has 1 fully saturated rings. The summed E-state index contributed by atoms with van der Waals surface area (Å²) in [6, 6.07) is 0. The first kappa shape index (κ1) is 12.9. The minimum Gasteiger partial charge on any atom is -0.379 e. The molecule has 90 valence electrons. The van der Waals surface area contributed by atoms with Gasteiger partial charge in [0, 0.05) is 6.61 Å². The second kappa shape index (κ2) is 5.83. The maximum Gasteiger partial charge on any atom is 0.104 e. The van der Waals surface area contributed by atoms with Crippen molar-refractivity contribution in [1.29, 1.82) is 0 Å². The smallest absolute Gasteiger partial charge is 0.104 e. The summed E-state index contributed by atoms with van der Waals surface area (Å²) >= 11 is 0. The zero-order chi connectivity index (χ0) is 11.3. The summed E-state index contributed by atoms with van der Waals surface area (Å²) in [5.74, 6) is 0. The molecule has 0 amide bonds. The molecule has 1 heterocycles. The van der Waals surface area contributed by atoms with E-state index in [9.17, 15) is 0 Å². The van der Waals surface area contributed by atoms with Crippen molar-refractivity contribution in [2.75, 3.05) is 19.8 Å². The highest BCUT2D eigenvalue weighted by molar-refractivity contribution is 4.76. The fraction of sp³-hybridized carbons (Fsp3) is 1.00. The Bertz CT molecular complexity index is 178. The van der Waals surface area contributed by atoms with Gasteiger partial charge in [0.15, 0.2) is 0 Å². The number of hydrogen-bond donors (Lipinski definition) is 0. The molecule has 3 heteroatoms.